The van der Waals surface area contributed by atoms with Crippen molar-refractivity contribution in [1.29, 1.82) is 0 Å². The summed E-state index contributed by atoms with van der Waals surface area (Å²) in [6.07, 6.45) is 0.380. The Balaban J connectivity index is 1.96. The lowest BCUT2D eigenvalue weighted by Crippen LogP contribution is -2.14. The third-order valence-electron chi connectivity index (χ3n) is 2.40. The monoisotopic (exact) mass is 221 g/mol. The van der Waals surface area contributed by atoms with Gasteiger partial charge in [0.2, 0.25) is 5.91 Å². The van der Waals surface area contributed by atoms with E-state index in [1.54, 1.807) is 24.3 Å². The van der Waals surface area contributed by atoms with Crippen LogP contribution < -0.4 is 10.8 Å². The van der Waals surface area contributed by atoms with Gasteiger partial charge in [-0.25, -0.2) is 0 Å². The summed E-state index contributed by atoms with van der Waals surface area (Å²) in [5.41, 5.74) is 2.45. The number of rotatable bonds is 3. The minimum Gasteiger partial charge on any atom is -0.326 e. The van der Waals surface area contributed by atoms with Gasteiger partial charge in [0.05, 0.1) is 6.42 Å². The largest absolute Gasteiger partial charge is 0.326 e. The molecular weight excluding hydrogens is 209 g/mol. The second-order valence-electron chi connectivity index (χ2n) is 3.83. The van der Waals surface area contributed by atoms with E-state index in [-0.39, 0.29) is 5.91 Å². The van der Waals surface area contributed by atoms with E-state index in [4.69, 9.17) is 7.85 Å². The summed E-state index contributed by atoms with van der Waals surface area (Å²) in [7, 11) is 5.57. The lowest BCUT2D eigenvalue weighted by molar-refractivity contribution is -0.115. The molecule has 0 saturated heterocycles. The summed E-state index contributed by atoms with van der Waals surface area (Å²) in [5.74, 6) is -0.0269. The second-order valence-corrected chi connectivity index (χ2v) is 3.83. The minimum atomic E-state index is -0.0269. The average molecular weight is 221 g/mol. The van der Waals surface area contributed by atoms with Crippen LogP contribution in [0.1, 0.15) is 5.56 Å². The molecule has 0 aliphatic heterocycles. The molecule has 2 rings (SSSR count). The van der Waals surface area contributed by atoms with Crippen LogP contribution in [0.5, 0.6) is 0 Å². The number of benzene rings is 2. The van der Waals surface area contributed by atoms with Crippen LogP contribution in [0.4, 0.5) is 5.69 Å². The van der Waals surface area contributed by atoms with Gasteiger partial charge in [0.15, 0.2) is 0 Å². The number of hydrogen-bond donors (Lipinski definition) is 1. The van der Waals surface area contributed by atoms with Crippen molar-refractivity contribution in [3.05, 3.63) is 60.2 Å². The molecule has 0 spiro atoms. The highest BCUT2D eigenvalue weighted by Crippen LogP contribution is 2.06. The van der Waals surface area contributed by atoms with Crippen molar-refractivity contribution >= 4 is 24.9 Å². The number of anilines is 1. The highest BCUT2D eigenvalue weighted by Gasteiger charge is 2.03. The van der Waals surface area contributed by atoms with Crippen LogP contribution in [0, 0.1) is 0 Å². The maximum atomic E-state index is 11.7. The summed E-state index contributed by atoms with van der Waals surface area (Å²) in [6.45, 7) is 0. The van der Waals surface area contributed by atoms with E-state index in [0.29, 0.717) is 11.9 Å². The first-order chi connectivity index (χ1) is 8.24. The Bertz CT molecular complexity index is 493. The van der Waals surface area contributed by atoms with Gasteiger partial charge in [0, 0.05) is 5.69 Å². The molecule has 0 bridgehead atoms. The molecule has 0 atom stereocenters. The SMILES string of the molecule is [B]c1ccc(NC(=O)Cc2ccccc2)cc1. The fraction of sp³-hybridized carbons (Fsp3) is 0.0714. The van der Waals surface area contributed by atoms with Crippen LogP contribution >= 0.6 is 0 Å². The van der Waals surface area contributed by atoms with Gasteiger partial charge < -0.3 is 5.32 Å². The molecule has 0 aromatic heterocycles. The van der Waals surface area contributed by atoms with E-state index in [9.17, 15) is 4.79 Å². The van der Waals surface area contributed by atoms with Crippen LogP contribution in [0.2, 0.25) is 0 Å². The fourth-order valence-corrected chi connectivity index (χ4v) is 1.55. The van der Waals surface area contributed by atoms with Crippen molar-refractivity contribution in [2.45, 2.75) is 6.42 Å². The van der Waals surface area contributed by atoms with E-state index >= 15 is 0 Å². The van der Waals surface area contributed by atoms with Crippen molar-refractivity contribution in [1.82, 2.24) is 0 Å². The molecule has 0 saturated carbocycles. The lowest BCUT2D eigenvalue weighted by atomic mass is 9.96. The fourth-order valence-electron chi connectivity index (χ4n) is 1.55. The molecule has 2 radical (unpaired) electrons. The smallest absolute Gasteiger partial charge is 0.228 e. The molecule has 3 heteroatoms. The zero-order valence-electron chi connectivity index (χ0n) is 9.39. The van der Waals surface area contributed by atoms with Crippen molar-refractivity contribution in [2.75, 3.05) is 5.32 Å². The predicted octanol–water partition coefficient (Wildman–Crippen LogP) is 1.66. The van der Waals surface area contributed by atoms with Gasteiger partial charge in [-0.2, -0.15) is 0 Å². The van der Waals surface area contributed by atoms with Crippen molar-refractivity contribution in [3.8, 4) is 0 Å². The van der Waals surface area contributed by atoms with Crippen LogP contribution in [-0.4, -0.2) is 13.8 Å². The Hall–Kier alpha value is -2.03. The number of carbonyl (C=O) groups excluding carboxylic acids is 1. The number of nitrogens with one attached hydrogen (secondary N) is 1. The van der Waals surface area contributed by atoms with E-state index < -0.39 is 0 Å². The van der Waals surface area contributed by atoms with Gasteiger partial charge in [-0.3, -0.25) is 4.79 Å². The Morgan fingerprint density at radius 2 is 1.65 bits per heavy atom. The van der Waals surface area contributed by atoms with E-state index in [2.05, 4.69) is 5.32 Å². The molecule has 1 amide bonds. The molecule has 82 valence electrons. The first-order valence-corrected chi connectivity index (χ1v) is 5.43. The molecule has 2 aromatic carbocycles. The maximum Gasteiger partial charge on any atom is 0.228 e. The van der Waals surface area contributed by atoms with Crippen molar-refractivity contribution < 1.29 is 4.79 Å². The van der Waals surface area contributed by atoms with Gasteiger partial charge in [0.25, 0.3) is 0 Å². The minimum absolute atomic E-state index is 0.0269. The highest BCUT2D eigenvalue weighted by atomic mass is 16.1. The van der Waals surface area contributed by atoms with Crippen LogP contribution in [-0.2, 0) is 11.2 Å². The number of carbonyl (C=O) groups is 1. The molecule has 0 unspecified atom stereocenters. The maximum absolute atomic E-state index is 11.7. The Labute approximate surface area is 102 Å². The van der Waals surface area contributed by atoms with Crippen molar-refractivity contribution in [3.63, 3.8) is 0 Å². The van der Waals surface area contributed by atoms with Crippen LogP contribution in [0.15, 0.2) is 54.6 Å². The van der Waals surface area contributed by atoms with Crippen molar-refractivity contribution in [2.24, 2.45) is 0 Å². The standard InChI is InChI=1S/C14H12BNO/c15-12-6-8-13(9-7-12)16-14(17)10-11-4-2-1-3-5-11/h1-9H,10H2,(H,16,17). The van der Waals surface area contributed by atoms with E-state index in [1.165, 1.54) is 0 Å². The normalized spacial score (nSPS) is 9.88. The third kappa shape index (κ3) is 3.49. The first kappa shape index (κ1) is 11.5. The molecule has 0 aliphatic carbocycles. The predicted molar refractivity (Wildman–Crippen MR) is 70.6 cm³/mol. The summed E-state index contributed by atoms with van der Waals surface area (Å²) in [6, 6.07) is 16.7. The quantitative estimate of drug-likeness (QED) is 0.784. The highest BCUT2D eigenvalue weighted by molar-refractivity contribution is 6.32. The van der Waals surface area contributed by atoms with E-state index in [0.717, 1.165) is 11.3 Å². The summed E-state index contributed by atoms with van der Waals surface area (Å²) in [4.78, 5) is 11.7. The van der Waals surface area contributed by atoms with Gasteiger partial charge >= 0.3 is 0 Å². The topological polar surface area (TPSA) is 29.1 Å². The molecule has 0 aliphatic rings. The first-order valence-electron chi connectivity index (χ1n) is 5.43. The van der Waals surface area contributed by atoms with Gasteiger partial charge in [-0.05, 0) is 17.7 Å². The third-order valence-corrected chi connectivity index (χ3v) is 2.40. The van der Waals surface area contributed by atoms with Gasteiger partial charge in [-0.15, -0.1) is 0 Å². The number of amides is 1. The second kappa shape index (κ2) is 5.35. The zero-order valence-corrected chi connectivity index (χ0v) is 9.39. The van der Waals surface area contributed by atoms with Crippen LogP contribution in [0.3, 0.4) is 0 Å². The van der Waals surface area contributed by atoms with E-state index in [1.807, 2.05) is 30.3 Å². The Morgan fingerprint density at radius 3 is 2.29 bits per heavy atom. The summed E-state index contributed by atoms with van der Waals surface area (Å²) in [5, 5.41) is 2.82. The van der Waals surface area contributed by atoms with Crippen LogP contribution in [0.25, 0.3) is 0 Å². The van der Waals surface area contributed by atoms with Gasteiger partial charge in [-0.1, -0.05) is 47.9 Å². The molecular formula is C14H12BNO. The summed E-state index contributed by atoms with van der Waals surface area (Å²) >= 11 is 0. The summed E-state index contributed by atoms with van der Waals surface area (Å²) < 4.78 is 0. The molecule has 0 heterocycles. The Kier molecular flexibility index (Phi) is 3.60. The molecule has 0 fully saturated rings. The number of hydrogen-bond acceptors (Lipinski definition) is 1. The molecule has 2 nitrogen and oxygen atoms in total. The average Bonchev–Trinajstić information content (AvgIpc) is 2.33. The molecule has 17 heavy (non-hydrogen) atoms. The Morgan fingerprint density at radius 1 is 1.00 bits per heavy atom. The lowest BCUT2D eigenvalue weighted by Gasteiger charge is -2.05. The van der Waals surface area contributed by atoms with Gasteiger partial charge in [0.1, 0.15) is 7.85 Å². The molecule has 1 N–H and O–H groups in total. The molecule has 2 aromatic rings. The zero-order chi connectivity index (χ0) is 12.1.